The van der Waals surface area contributed by atoms with E-state index in [9.17, 15) is 0 Å². The number of hydrogen-bond acceptors (Lipinski definition) is 3. The van der Waals surface area contributed by atoms with Gasteiger partial charge in [0, 0.05) is 19.5 Å². The van der Waals surface area contributed by atoms with Gasteiger partial charge in [-0.2, -0.15) is 5.10 Å². The Hall–Kier alpha value is -0.900. The Morgan fingerprint density at radius 1 is 1.22 bits per heavy atom. The van der Waals surface area contributed by atoms with Crippen molar-refractivity contribution < 1.29 is 0 Å². The summed E-state index contributed by atoms with van der Waals surface area (Å²) in [6, 6.07) is 0.527. The Balaban J connectivity index is 2.16. The number of likely N-dealkylation sites (N-methyl/N-ethyl adjacent to an activating group) is 1. The molecule has 4 heteroatoms. The van der Waals surface area contributed by atoms with E-state index in [1.54, 1.807) is 6.33 Å². The van der Waals surface area contributed by atoms with Crippen LogP contribution >= 0.6 is 0 Å². The van der Waals surface area contributed by atoms with Gasteiger partial charge in [-0.15, -0.1) is 0 Å². The summed E-state index contributed by atoms with van der Waals surface area (Å²) in [6.07, 6.45) is 12.0. The maximum Gasteiger partial charge on any atom is 0.138 e. The van der Waals surface area contributed by atoms with E-state index < -0.39 is 0 Å². The predicted octanol–water partition coefficient (Wildman–Crippen LogP) is 2.70. The second kappa shape index (κ2) is 9.09. The number of unbranched alkanes of at least 4 members (excludes halogenated alkanes) is 5. The van der Waals surface area contributed by atoms with Crippen LogP contribution in [0.3, 0.4) is 0 Å². The Labute approximate surface area is 111 Å². The third-order valence-corrected chi connectivity index (χ3v) is 3.55. The zero-order valence-electron chi connectivity index (χ0n) is 12.2. The van der Waals surface area contributed by atoms with Gasteiger partial charge in [0.15, 0.2) is 0 Å². The first-order valence-electron chi connectivity index (χ1n) is 7.28. The molecule has 104 valence electrons. The highest BCUT2D eigenvalue weighted by molar-refractivity contribution is 4.88. The fourth-order valence-electron chi connectivity index (χ4n) is 2.24. The summed E-state index contributed by atoms with van der Waals surface area (Å²) in [7, 11) is 4.00. The Morgan fingerprint density at radius 3 is 2.56 bits per heavy atom. The van der Waals surface area contributed by atoms with Crippen LogP contribution in [0.5, 0.6) is 0 Å². The molecular weight excluding hydrogens is 224 g/mol. The SMILES string of the molecule is CCCCCCCCC(Cc1ncnn1C)NC. The Kier molecular flexibility index (Phi) is 7.65. The fraction of sp³-hybridized carbons (Fsp3) is 0.857. The first-order valence-corrected chi connectivity index (χ1v) is 7.28. The van der Waals surface area contributed by atoms with Crippen molar-refractivity contribution in [1.29, 1.82) is 0 Å². The van der Waals surface area contributed by atoms with E-state index in [4.69, 9.17) is 0 Å². The van der Waals surface area contributed by atoms with Gasteiger partial charge in [-0.3, -0.25) is 4.68 Å². The van der Waals surface area contributed by atoms with E-state index in [2.05, 4.69) is 22.3 Å². The van der Waals surface area contributed by atoms with Gasteiger partial charge in [0.25, 0.3) is 0 Å². The molecule has 0 saturated carbocycles. The molecule has 1 N–H and O–H groups in total. The lowest BCUT2D eigenvalue weighted by Gasteiger charge is -2.15. The molecule has 1 rings (SSSR count). The van der Waals surface area contributed by atoms with Gasteiger partial charge >= 0.3 is 0 Å². The molecule has 18 heavy (non-hydrogen) atoms. The minimum Gasteiger partial charge on any atom is -0.317 e. The van der Waals surface area contributed by atoms with E-state index in [0.29, 0.717) is 6.04 Å². The predicted molar refractivity (Wildman–Crippen MR) is 75.5 cm³/mol. The molecule has 0 fully saturated rings. The summed E-state index contributed by atoms with van der Waals surface area (Å²) >= 11 is 0. The summed E-state index contributed by atoms with van der Waals surface area (Å²) in [4.78, 5) is 4.28. The van der Waals surface area contributed by atoms with Crippen molar-refractivity contribution in [3.63, 3.8) is 0 Å². The topological polar surface area (TPSA) is 42.7 Å². The average Bonchev–Trinajstić information content (AvgIpc) is 2.77. The van der Waals surface area contributed by atoms with Crippen LogP contribution in [0.25, 0.3) is 0 Å². The molecule has 0 aliphatic heterocycles. The van der Waals surface area contributed by atoms with Crippen molar-refractivity contribution in [2.24, 2.45) is 7.05 Å². The van der Waals surface area contributed by atoms with Crippen LogP contribution in [0, 0.1) is 0 Å². The summed E-state index contributed by atoms with van der Waals surface area (Å²) in [6.45, 7) is 2.26. The maximum atomic E-state index is 4.28. The molecule has 0 amide bonds. The molecule has 1 aromatic rings. The van der Waals surface area contributed by atoms with Crippen molar-refractivity contribution in [2.45, 2.75) is 64.3 Å². The average molecular weight is 252 g/mol. The lowest BCUT2D eigenvalue weighted by Crippen LogP contribution is -2.28. The Bertz CT molecular complexity index is 308. The van der Waals surface area contributed by atoms with Crippen molar-refractivity contribution in [3.8, 4) is 0 Å². The lowest BCUT2D eigenvalue weighted by molar-refractivity contribution is 0.465. The molecule has 1 atom stereocenters. The van der Waals surface area contributed by atoms with E-state index >= 15 is 0 Å². The minimum atomic E-state index is 0.527. The largest absolute Gasteiger partial charge is 0.317 e. The monoisotopic (exact) mass is 252 g/mol. The number of rotatable bonds is 10. The van der Waals surface area contributed by atoms with Crippen LogP contribution in [0.1, 0.15) is 57.7 Å². The molecule has 0 aliphatic carbocycles. The van der Waals surface area contributed by atoms with E-state index in [0.717, 1.165) is 12.2 Å². The van der Waals surface area contributed by atoms with Crippen molar-refractivity contribution >= 4 is 0 Å². The molecule has 0 radical (unpaired) electrons. The highest BCUT2D eigenvalue weighted by Gasteiger charge is 2.10. The first kappa shape index (κ1) is 15.2. The molecule has 0 aliphatic rings. The van der Waals surface area contributed by atoms with E-state index in [1.165, 1.54) is 44.9 Å². The normalized spacial score (nSPS) is 12.8. The number of nitrogens with one attached hydrogen (secondary N) is 1. The number of aryl methyl sites for hydroxylation is 1. The third kappa shape index (κ3) is 5.63. The zero-order chi connectivity index (χ0) is 13.2. The quantitative estimate of drug-likeness (QED) is 0.651. The number of aromatic nitrogens is 3. The van der Waals surface area contributed by atoms with Crippen LogP contribution in [0.4, 0.5) is 0 Å². The summed E-state index contributed by atoms with van der Waals surface area (Å²) in [5.74, 6) is 1.07. The van der Waals surface area contributed by atoms with Crippen molar-refractivity contribution in [3.05, 3.63) is 12.2 Å². The fourth-order valence-corrected chi connectivity index (χ4v) is 2.24. The molecule has 1 aromatic heterocycles. The van der Waals surface area contributed by atoms with E-state index in [-0.39, 0.29) is 0 Å². The number of hydrogen-bond donors (Lipinski definition) is 1. The molecule has 1 heterocycles. The standard InChI is InChI=1S/C14H28N4/c1-4-5-6-7-8-9-10-13(15-2)11-14-16-12-17-18(14)3/h12-13,15H,4-11H2,1-3H3. The van der Waals surface area contributed by atoms with Gasteiger partial charge in [0.1, 0.15) is 12.2 Å². The van der Waals surface area contributed by atoms with Gasteiger partial charge in [-0.05, 0) is 13.5 Å². The molecule has 0 bridgehead atoms. The molecule has 0 aromatic carbocycles. The third-order valence-electron chi connectivity index (χ3n) is 3.55. The van der Waals surface area contributed by atoms with Gasteiger partial charge in [-0.1, -0.05) is 45.4 Å². The minimum absolute atomic E-state index is 0.527. The van der Waals surface area contributed by atoms with Gasteiger partial charge in [0.2, 0.25) is 0 Å². The molecule has 1 unspecified atom stereocenters. The molecule has 0 spiro atoms. The molecular formula is C14H28N4. The molecule has 0 saturated heterocycles. The zero-order valence-corrected chi connectivity index (χ0v) is 12.2. The summed E-state index contributed by atoms with van der Waals surface area (Å²) in [5.41, 5.74) is 0. The van der Waals surface area contributed by atoms with Gasteiger partial charge in [-0.25, -0.2) is 4.98 Å². The van der Waals surface area contributed by atoms with Crippen LogP contribution < -0.4 is 5.32 Å². The van der Waals surface area contributed by atoms with Crippen LogP contribution in [-0.4, -0.2) is 27.9 Å². The van der Waals surface area contributed by atoms with Crippen LogP contribution in [0.15, 0.2) is 6.33 Å². The highest BCUT2D eigenvalue weighted by atomic mass is 15.3. The highest BCUT2D eigenvalue weighted by Crippen LogP contribution is 2.10. The van der Waals surface area contributed by atoms with E-state index in [1.807, 2.05) is 18.8 Å². The smallest absolute Gasteiger partial charge is 0.138 e. The van der Waals surface area contributed by atoms with Crippen LogP contribution in [0.2, 0.25) is 0 Å². The summed E-state index contributed by atoms with van der Waals surface area (Å²) in [5, 5.41) is 7.50. The first-order chi connectivity index (χ1) is 8.77. The van der Waals surface area contributed by atoms with Crippen molar-refractivity contribution in [2.75, 3.05) is 7.05 Å². The Morgan fingerprint density at radius 2 is 1.94 bits per heavy atom. The van der Waals surface area contributed by atoms with Crippen molar-refractivity contribution in [1.82, 2.24) is 20.1 Å². The van der Waals surface area contributed by atoms with Gasteiger partial charge < -0.3 is 5.32 Å². The second-order valence-electron chi connectivity index (χ2n) is 5.05. The maximum absolute atomic E-state index is 4.28. The van der Waals surface area contributed by atoms with Crippen LogP contribution in [-0.2, 0) is 13.5 Å². The van der Waals surface area contributed by atoms with Gasteiger partial charge in [0.05, 0.1) is 0 Å². The second-order valence-corrected chi connectivity index (χ2v) is 5.05. The molecule has 4 nitrogen and oxygen atoms in total. The number of nitrogens with zero attached hydrogens (tertiary/aromatic N) is 3. The summed E-state index contributed by atoms with van der Waals surface area (Å²) < 4.78 is 1.87. The lowest BCUT2D eigenvalue weighted by atomic mass is 10.0.